The number of hydrogen-bond donors (Lipinski definition) is 3. The number of carboxylic acid groups (broad SMARTS) is 1. The molecule has 0 aliphatic rings. The highest BCUT2D eigenvalue weighted by Gasteiger charge is 2.24. The van der Waals surface area contributed by atoms with Crippen LogP contribution >= 0.6 is 0 Å². The molecule has 0 unspecified atom stereocenters. The Morgan fingerprint density at radius 2 is 1.85 bits per heavy atom. The molecule has 3 N–H and O–H groups in total. The highest BCUT2D eigenvalue weighted by molar-refractivity contribution is 5.92. The molecule has 0 aliphatic carbocycles. The quantitative estimate of drug-likeness (QED) is 0.140. The number of fused-ring (bicyclic) bond motifs is 1. The van der Waals surface area contributed by atoms with E-state index in [2.05, 4.69) is 15.3 Å². The molecule has 0 bridgehead atoms. The number of imidazole rings is 1. The minimum atomic E-state index is -1.38. The van der Waals surface area contributed by atoms with E-state index in [1.807, 2.05) is 0 Å². The van der Waals surface area contributed by atoms with Crippen LogP contribution in [0, 0.1) is 29.2 Å². The zero-order valence-electron chi connectivity index (χ0n) is 26.1. The van der Waals surface area contributed by atoms with Gasteiger partial charge < -0.3 is 34.5 Å². The third-order valence-corrected chi connectivity index (χ3v) is 7.24. The Morgan fingerprint density at radius 3 is 2.54 bits per heavy atom. The molecule has 48 heavy (non-hydrogen) atoms. The van der Waals surface area contributed by atoms with Crippen LogP contribution < -0.4 is 15.6 Å². The maximum Gasteiger partial charge on any atom is 0.407 e. The Bertz CT molecular complexity index is 1930. The molecule has 4 rings (SSSR count). The molecule has 0 spiro atoms. The number of pyridine rings is 1. The Labute approximate surface area is 271 Å². The topological polar surface area (TPSA) is 150 Å². The van der Waals surface area contributed by atoms with Crippen LogP contribution in [0.25, 0.3) is 11.0 Å². The van der Waals surface area contributed by atoms with Crippen molar-refractivity contribution in [3.8, 4) is 5.75 Å². The fourth-order valence-electron chi connectivity index (χ4n) is 4.61. The van der Waals surface area contributed by atoms with Crippen molar-refractivity contribution in [2.75, 3.05) is 33.0 Å². The molecule has 254 valence electrons. The summed E-state index contributed by atoms with van der Waals surface area (Å²) in [6, 6.07) is 6.38. The third-order valence-electron chi connectivity index (χ3n) is 7.24. The Hall–Kier alpha value is -5.67. The summed E-state index contributed by atoms with van der Waals surface area (Å²) in [6.45, 7) is -0.969. The minimum Gasteiger partial charge on any atom is -0.483 e. The SMILES string of the molecule is CN(C)C(=O)/C=C/CC[C@@H](CN(C)C(=O)O)C(=O)Nc1cccn(Cc2nc3c(OCc4ccc(F)cc4F)c(F)c(F)cc3[nH]2)c1=O. The molecule has 0 fully saturated rings. The van der Waals surface area contributed by atoms with Gasteiger partial charge in [0.05, 0.1) is 18.0 Å². The summed E-state index contributed by atoms with van der Waals surface area (Å²) in [4.78, 5) is 59.1. The molecule has 16 heteroatoms. The molecule has 1 atom stereocenters. The number of carbonyl (C=O) groups is 3. The molecule has 0 aliphatic heterocycles. The largest absolute Gasteiger partial charge is 0.483 e. The van der Waals surface area contributed by atoms with Gasteiger partial charge in [-0.25, -0.2) is 22.9 Å². The number of benzene rings is 2. The monoisotopic (exact) mass is 672 g/mol. The van der Waals surface area contributed by atoms with Gasteiger partial charge in [0.15, 0.2) is 11.6 Å². The summed E-state index contributed by atoms with van der Waals surface area (Å²) in [5.41, 5.74) is -1.02. The molecule has 0 saturated carbocycles. The van der Waals surface area contributed by atoms with Crippen molar-refractivity contribution in [3.05, 3.63) is 99.8 Å². The van der Waals surface area contributed by atoms with Gasteiger partial charge in [0.25, 0.3) is 5.56 Å². The third kappa shape index (κ3) is 8.57. The molecule has 2 aromatic heterocycles. The number of likely N-dealkylation sites (N-methyl/N-ethyl adjacent to an activating group) is 1. The lowest BCUT2D eigenvalue weighted by Crippen LogP contribution is -2.37. The van der Waals surface area contributed by atoms with E-state index >= 15 is 0 Å². The van der Waals surface area contributed by atoms with Gasteiger partial charge in [-0.2, -0.15) is 4.39 Å². The number of H-pyrrole nitrogens is 1. The number of aromatic nitrogens is 3. The highest BCUT2D eigenvalue weighted by Crippen LogP contribution is 2.31. The average Bonchev–Trinajstić information content (AvgIpc) is 3.42. The first-order chi connectivity index (χ1) is 22.7. The molecule has 0 saturated heterocycles. The zero-order chi connectivity index (χ0) is 35.1. The van der Waals surface area contributed by atoms with Crippen molar-refractivity contribution in [1.82, 2.24) is 24.3 Å². The molecular weight excluding hydrogens is 640 g/mol. The van der Waals surface area contributed by atoms with E-state index in [-0.39, 0.29) is 59.9 Å². The first-order valence-corrected chi connectivity index (χ1v) is 14.5. The molecule has 2 heterocycles. The predicted molar refractivity (Wildman–Crippen MR) is 166 cm³/mol. The Morgan fingerprint density at radius 1 is 1.10 bits per heavy atom. The summed E-state index contributed by atoms with van der Waals surface area (Å²) >= 11 is 0. The number of carbonyl (C=O) groups excluding carboxylic acids is 2. The number of anilines is 1. The van der Waals surface area contributed by atoms with Gasteiger partial charge in [0.2, 0.25) is 17.6 Å². The van der Waals surface area contributed by atoms with E-state index in [0.717, 1.165) is 23.1 Å². The second-order valence-electron chi connectivity index (χ2n) is 11.0. The van der Waals surface area contributed by atoms with E-state index in [1.165, 1.54) is 40.9 Å². The summed E-state index contributed by atoms with van der Waals surface area (Å²) in [6.07, 6.45) is 3.50. The normalized spacial score (nSPS) is 11.9. The standard InChI is InChI=1S/C32H32F4N6O6/c1-40(2)26(43)9-5-4-7-18(15-41(3)32(46)47)30(44)38-23-8-6-12-42(31(23)45)16-25-37-24-14-22(35)27(36)29(28(24)39-25)48-17-19-10-11-20(33)13-21(19)34/h5-6,8-14,18H,4,7,15-17H2,1-3H3,(H,37,39)(H,38,44)(H,46,47)/b9-5+/t18-/m0/s1. The number of ether oxygens (including phenoxy) is 1. The number of amides is 3. The smallest absolute Gasteiger partial charge is 0.407 e. The van der Waals surface area contributed by atoms with Gasteiger partial charge in [0, 0.05) is 51.6 Å². The molecule has 12 nitrogen and oxygen atoms in total. The number of nitrogens with one attached hydrogen (secondary N) is 2. The van der Waals surface area contributed by atoms with Gasteiger partial charge >= 0.3 is 6.09 Å². The lowest BCUT2D eigenvalue weighted by Gasteiger charge is -2.21. The summed E-state index contributed by atoms with van der Waals surface area (Å²) < 4.78 is 63.1. The lowest BCUT2D eigenvalue weighted by atomic mass is 10.0. The zero-order valence-corrected chi connectivity index (χ0v) is 26.1. The van der Waals surface area contributed by atoms with Crippen molar-refractivity contribution >= 4 is 34.6 Å². The first kappa shape index (κ1) is 35.2. The minimum absolute atomic E-state index is 0.0164. The summed E-state index contributed by atoms with van der Waals surface area (Å²) in [5, 5.41) is 11.9. The fraction of sp³-hybridized carbons (Fsp3) is 0.281. The van der Waals surface area contributed by atoms with E-state index in [0.29, 0.717) is 6.07 Å². The van der Waals surface area contributed by atoms with Crippen LogP contribution in [0.15, 0.2) is 59.5 Å². The van der Waals surface area contributed by atoms with E-state index in [1.54, 1.807) is 20.2 Å². The lowest BCUT2D eigenvalue weighted by molar-refractivity contribution is -0.123. The second-order valence-corrected chi connectivity index (χ2v) is 11.0. The average molecular weight is 673 g/mol. The van der Waals surface area contributed by atoms with Gasteiger partial charge in [-0.1, -0.05) is 6.08 Å². The Balaban J connectivity index is 1.53. The maximum absolute atomic E-state index is 14.8. The van der Waals surface area contributed by atoms with Crippen LogP contribution in [0.2, 0.25) is 0 Å². The molecular formula is C32H32F4N6O6. The number of allylic oxidation sites excluding steroid dienone is 1. The molecule has 3 amide bonds. The predicted octanol–water partition coefficient (Wildman–Crippen LogP) is 4.50. The van der Waals surface area contributed by atoms with Gasteiger partial charge in [-0.15, -0.1) is 0 Å². The van der Waals surface area contributed by atoms with Crippen molar-refractivity contribution in [1.29, 1.82) is 0 Å². The van der Waals surface area contributed by atoms with Gasteiger partial charge in [-0.3, -0.25) is 14.4 Å². The maximum atomic E-state index is 14.8. The van der Waals surface area contributed by atoms with Crippen molar-refractivity contribution < 1.29 is 41.8 Å². The van der Waals surface area contributed by atoms with Crippen LogP contribution in [0.5, 0.6) is 5.75 Å². The van der Waals surface area contributed by atoms with Crippen LogP contribution in [0.3, 0.4) is 0 Å². The Kier molecular flexibility index (Phi) is 11.2. The van der Waals surface area contributed by atoms with Crippen molar-refractivity contribution in [2.24, 2.45) is 5.92 Å². The van der Waals surface area contributed by atoms with E-state index < -0.39 is 59.1 Å². The number of aromatic amines is 1. The van der Waals surface area contributed by atoms with Crippen LogP contribution in [0.1, 0.15) is 24.2 Å². The number of hydrogen-bond acceptors (Lipinski definition) is 6. The van der Waals surface area contributed by atoms with E-state index in [9.17, 15) is 41.8 Å². The molecule has 0 radical (unpaired) electrons. The highest BCUT2D eigenvalue weighted by atomic mass is 19.2. The van der Waals surface area contributed by atoms with Crippen LogP contribution in [0.4, 0.5) is 28.0 Å². The second kappa shape index (κ2) is 15.3. The number of halogens is 4. The van der Waals surface area contributed by atoms with Crippen LogP contribution in [-0.4, -0.2) is 75.0 Å². The van der Waals surface area contributed by atoms with Gasteiger partial charge in [-0.05, 0) is 43.2 Å². The van der Waals surface area contributed by atoms with Crippen LogP contribution in [-0.2, 0) is 22.7 Å². The fourth-order valence-corrected chi connectivity index (χ4v) is 4.61. The van der Waals surface area contributed by atoms with E-state index in [4.69, 9.17) is 4.74 Å². The number of rotatable bonds is 13. The van der Waals surface area contributed by atoms with Crippen molar-refractivity contribution in [2.45, 2.75) is 26.0 Å². The van der Waals surface area contributed by atoms with Gasteiger partial charge in [0.1, 0.15) is 35.3 Å². The number of nitrogens with zero attached hydrogens (tertiary/aromatic N) is 4. The summed E-state index contributed by atoms with van der Waals surface area (Å²) in [5.74, 6) is -6.72. The molecule has 4 aromatic rings. The van der Waals surface area contributed by atoms with Crippen molar-refractivity contribution in [3.63, 3.8) is 0 Å². The summed E-state index contributed by atoms with van der Waals surface area (Å²) in [7, 11) is 4.46. The first-order valence-electron chi connectivity index (χ1n) is 14.5. The molecule has 2 aromatic carbocycles.